The van der Waals surface area contributed by atoms with Gasteiger partial charge in [0.1, 0.15) is 5.75 Å². The van der Waals surface area contributed by atoms with Crippen molar-refractivity contribution in [1.82, 2.24) is 5.32 Å². The van der Waals surface area contributed by atoms with E-state index < -0.39 is 5.92 Å². The van der Waals surface area contributed by atoms with Crippen molar-refractivity contribution in [2.75, 3.05) is 13.7 Å². The van der Waals surface area contributed by atoms with Gasteiger partial charge in [-0.1, -0.05) is 31.5 Å². The number of para-hydroxylation sites is 1. The van der Waals surface area contributed by atoms with Gasteiger partial charge in [-0.15, -0.1) is 0 Å². The van der Waals surface area contributed by atoms with Crippen LogP contribution in [0.1, 0.15) is 57.4 Å². The molecule has 2 aliphatic rings. The Labute approximate surface area is 160 Å². The highest BCUT2D eigenvalue weighted by Crippen LogP contribution is 2.45. The Morgan fingerprint density at radius 3 is 2.78 bits per heavy atom. The molecular weight excluding hydrogens is 342 g/mol. The van der Waals surface area contributed by atoms with Crippen LogP contribution in [0.25, 0.3) is 0 Å². The number of hydrogen-bond donors (Lipinski definition) is 1. The van der Waals surface area contributed by atoms with E-state index in [9.17, 15) is 9.59 Å². The molecule has 0 aromatic heterocycles. The predicted octanol–water partition coefficient (Wildman–Crippen LogP) is 4.01. The van der Waals surface area contributed by atoms with Crippen LogP contribution in [0.2, 0.25) is 0 Å². The topological polar surface area (TPSA) is 64.6 Å². The van der Waals surface area contributed by atoms with Crippen LogP contribution in [0.15, 0.2) is 46.8 Å². The molecule has 0 saturated carbocycles. The van der Waals surface area contributed by atoms with Crippen LogP contribution in [0.5, 0.6) is 5.75 Å². The van der Waals surface area contributed by atoms with E-state index in [1.807, 2.05) is 31.2 Å². The number of hydrogen-bond acceptors (Lipinski definition) is 5. The van der Waals surface area contributed by atoms with Crippen LogP contribution in [-0.2, 0) is 14.3 Å². The van der Waals surface area contributed by atoms with Crippen molar-refractivity contribution in [3.63, 3.8) is 0 Å². The maximum atomic E-state index is 13.0. The van der Waals surface area contributed by atoms with Gasteiger partial charge in [0.15, 0.2) is 5.78 Å². The Kier molecular flexibility index (Phi) is 5.99. The molecule has 1 aromatic carbocycles. The molecule has 0 radical (unpaired) electrons. The standard InChI is InChI=1S/C22H27NO4/c1-4-5-13-27-22(25)19-14(2)23-16-10-8-11-17(24)21(16)20(19)15-9-6-7-12-18(15)26-3/h6-7,9,12,20,23H,4-5,8,10-11,13H2,1-3H3. The summed E-state index contributed by atoms with van der Waals surface area (Å²) < 4.78 is 11.1. The molecule has 0 bridgehead atoms. The fourth-order valence-corrected chi connectivity index (χ4v) is 3.86. The number of dihydropyridines is 1. The molecule has 0 saturated heterocycles. The van der Waals surface area contributed by atoms with Gasteiger partial charge in [-0.3, -0.25) is 4.79 Å². The minimum atomic E-state index is -0.459. The van der Waals surface area contributed by atoms with Crippen molar-refractivity contribution >= 4 is 11.8 Å². The molecule has 1 aliphatic carbocycles. The Balaban J connectivity index is 2.10. The third kappa shape index (κ3) is 3.77. The zero-order valence-electron chi connectivity index (χ0n) is 16.3. The normalized spacial score (nSPS) is 19.5. The van der Waals surface area contributed by atoms with E-state index in [4.69, 9.17) is 9.47 Å². The van der Waals surface area contributed by atoms with Crippen LogP contribution < -0.4 is 10.1 Å². The SMILES string of the molecule is CCCCOC(=O)C1=C(C)NC2=C(C(=O)CCC2)C1c1ccccc1OC. The smallest absolute Gasteiger partial charge is 0.336 e. The molecule has 1 aliphatic heterocycles. The summed E-state index contributed by atoms with van der Waals surface area (Å²) in [6, 6.07) is 7.58. The minimum Gasteiger partial charge on any atom is -0.496 e. The second-order valence-electron chi connectivity index (χ2n) is 7.00. The summed E-state index contributed by atoms with van der Waals surface area (Å²) >= 11 is 0. The summed E-state index contributed by atoms with van der Waals surface area (Å²) in [7, 11) is 1.60. The van der Waals surface area contributed by atoms with Crippen molar-refractivity contribution in [3.8, 4) is 5.75 Å². The van der Waals surface area contributed by atoms with E-state index in [1.54, 1.807) is 7.11 Å². The van der Waals surface area contributed by atoms with E-state index in [0.29, 0.717) is 29.9 Å². The lowest BCUT2D eigenvalue weighted by Crippen LogP contribution is -2.34. The first-order valence-corrected chi connectivity index (χ1v) is 9.62. The molecular formula is C22H27NO4. The molecule has 5 nitrogen and oxygen atoms in total. The Morgan fingerprint density at radius 1 is 1.26 bits per heavy atom. The van der Waals surface area contributed by atoms with E-state index >= 15 is 0 Å². The predicted molar refractivity (Wildman–Crippen MR) is 103 cm³/mol. The number of benzene rings is 1. The van der Waals surface area contributed by atoms with Crippen molar-refractivity contribution in [3.05, 3.63) is 52.4 Å². The summed E-state index contributed by atoms with van der Waals surface area (Å²) in [6.07, 6.45) is 3.91. The molecule has 0 amide bonds. The van der Waals surface area contributed by atoms with Gasteiger partial charge in [0.05, 0.1) is 25.2 Å². The molecule has 0 fully saturated rings. The van der Waals surface area contributed by atoms with Crippen molar-refractivity contribution in [2.45, 2.75) is 51.9 Å². The number of carbonyl (C=O) groups is 2. The van der Waals surface area contributed by atoms with E-state index in [1.165, 1.54) is 0 Å². The largest absolute Gasteiger partial charge is 0.496 e. The summed E-state index contributed by atoms with van der Waals surface area (Å²) in [4.78, 5) is 25.8. The van der Waals surface area contributed by atoms with Gasteiger partial charge >= 0.3 is 5.97 Å². The number of Topliss-reactive ketones (excluding diaryl/α,β-unsaturated/α-hetero) is 1. The van der Waals surface area contributed by atoms with Gasteiger partial charge in [0.2, 0.25) is 0 Å². The molecule has 1 aromatic rings. The number of unbranched alkanes of at least 4 members (excludes halogenated alkanes) is 1. The Bertz CT molecular complexity index is 806. The van der Waals surface area contributed by atoms with Gasteiger partial charge in [-0.25, -0.2) is 4.79 Å². The average Bonchev–Trinajstić information content (AvgIpc) is 2.67. The van der Waals surface area contributed by atoms with E-state index in [-0.39, 0.29) is 11.8 Å². The zero-order valence-corrected chi connectivity index (χ0v) is 16.3. The molecule has 144 valence electrons. The summed E-state index contributed by atoms with van der Waals surface area (Å²) in [5.74, 6) is -0.0686. The first-order chi connectivity index (χ1) is 13.1. The highest BCUT2D eigenvalue weighted by atomic mass is 16.5. The summed E-state index contributed by atoms with van der Waals surface area (Å²) in [5.41, 5.74) is 3.68. The monoisotopic (exact) mass is 369 g/mol. The first-order valence-electron chi connectivity index (χ1n) is 9.62. The molecule has 3 rings (SSSR count). The second kappa shape index (κ2) is 8.42. The zero-order chi connectivity index (χ0) is 19.4. The lowest BCUT2D eigenvalue weighted by molar-refractivity contribution is -0.139. The minimum absolute atomic E-state index is 0.0889. The third-order valence-electron chi connectivity index (χ3n) is 5.18. The van der Waals surface area contributed by atoms with Gasteiger partial charge in [-0.2, -0.15) is 0 Å². The molecule has 1 N–H and O–H groups in total. The molecule has 27 heavy (non-hydrogen) atoms. The van der Waals surface area contributed by atoms with Crippen LogP contribution in [0.3, 0.4) is 0 Å². The third-order valence-corrected chi connectivity index (χ3v) is 5.18. The maximum absolute atomic E-state index is 13.0. The molecule has 1 heterocycles. The van der Waals surface area contributed by atoms with Crippen LogP contribution in [-0.4, -0.2) is 25.5 Å². The fourth-order valence-electron chi connectivity index (χ4n) is 3.86. The number of ketones is 1. The van der Waals surface area contributed by atoms with Crippen LogP contribution in [0, 0.1) is 0 Å². The van der Waals surface area contributed by atoms with Gasteiger partial charge in [0, 0.05) is 29.0 Å². The summed E-state index contributed by atoms with van der Waals surface area (Å²) in [6.45, 7) is 4.31. The van der Waals surface area contributed by atoms with Crippen LogP contribution >= 0.6 is 0 Å². The molecule has 1 atom stereocenters. The number of ether oxygens (including phenoxy) is 2. The summed E-state index contributed by atoms with van der Waals surface area (Å²) in [5, 5.41) is 3.30. The second-order valence-corrected chi connectivity index (χ2v) is 7.00. The molecule has 0 spiro atoms. The average molecular weight is 369 g/mol. The number of rotatable bonds is 6. The van der Waals surface area contributed by atoms with Gasteiger partial charge in [0.25, 0.3) is 0 Å². The number of nitrogens with one attached hydrogen (secondary N) is 1. The quantitative estimate of drug-likeness (QED) is 0.606. The van der Waals surface area contributed by atoms with E-state index in [2.05, 4.69) is 12.2 Å². The van der Waals surface area contributed by atoms with Crippen molar-refractivity contribution < 1.29 is 19.1 Å². The van der Waals surface area contributed by atoms with Crippen LogP contribution in [0.4, 0.5) is 0 Å². The lowest BCUT2D eigenvalue weighted by Gasteiger charge is -2.34. The lowest BCUT2D eigenvalue weighted by atomic mass is 9.75. The molecule has 1 unspecified atom stereocenters. The highest BCUT2D eigenvalue weighted by Gasteiger charge is 2.40. The number of allylic oxidation sites excluding steroid dienone is 3. The number of carbonyl (C=O) groups excluding carboxylic acids is 2. The number of esters is 1. The highest BCUT2D eigenvalue weighted by molar-refractivity contribution is 6.04. The Hall–Kier alpha value is -2.56. The number of methoxy groups -OCH3 is 1. The van der Waals surface area contributed by atoms with Gasteiger partial charge in [-0.05, 0) is 32.3 Å². The first kappa shape index (κ1) is 19.2. The Morgan fingerprint density at radius 2 is 2.04 bits per heavy atom. The maximum Gasteiger partial charge on any atom is 0.336 e. The molecule has 5 heteroatoms. The van der Waals surface area contributed by atoms with Crippen molar-refractivity contribution in [2.24, 2.45) is 0 Å². The van der Waals surface area contributed by atoms with Gasteiger partial charge < -0.3 is 14.8 Å². The van der Waals surface area contributed by atoms with E-state index in [0.717, 1.165) is 42.6 Å². The van der Waals surface area contributed by atoms with Crippen molar-refractivity contribution in [1.29, 1.82) is 0 Å². The fraction of sp³-hybridized carbons (Fsp3) is 0.455.